The first-order valence-corrected chi connectivity index (χ1v) is 7.43. The topological polar surface area (TPSA) is 20.2 Å². The van der Waals surface area contributed by atoms with E-state index in [2.05, 4.69) is 6.07 Å². The second-order valence-electron chi connectivity index (χ2n) is 5.62. The molecular weight excluding hydrogens is 247 g/mol. The minimum Gasteiger partial charge on any atom is -0.384 e. The van der Waals surface area contributed by atoms with Crippen molar-refractivity contribution < 1.29 is 9.50 Å². The Morgan fingerprint density at radius 3 is 2.61 bits per heavy atom. The SMILES string of the molecule is OC1(c2cc3ccc(F)cc3s2)C2CCCCC21. The number of hydrogen-bond donors (Lipinski definition) is 1. The average molecular weight is 262 g/mol. The molecule has 0 amide bonds. The van der Waals surface area contributed by atoms with Crippen molar-refractivity contribution in [1.29, 1.82) is 0 Å². The van der Waals surface area contributed by atoms with E-state index in [-0.39, 0.29) is 5.82 Å². The lowest BCUT2D eigenvalue weighted by Crippen LogP contribution is -2.07. The van der Waals surface area contributed by atoms with Gasteiger partial charge in [0.05, 0.1) is 0 Å². The summed E-state index contributed by atoms with van der Waals surface area (Å²) in [5.41, 5.74) is -0.601. The lowest BCUT2D eigenvalue weighted by Gasteiger charge is -2.06. The minimum atomic E-state index is -0.601. The zero-order valence-electron chi connectivity index (χ0n) is 10.0. The van der Waals surface area contributed by atoms with Crippen LogP contribution in [0.2, 0.25) is 0 Å². The Morgan fingerprint density at radius 1 is 1.17 bits per heavy atom. The van der Waals surface area contributed by atoms with Gasteiger partial charge in [-0.2, -0.15) is 0 Å². The summed E-state index contributed by atoms with van der Waals surface area (Å²) in [5, 5.41) is 11.9. The molecule has 1 aromatic carbocycles. The molecule has 94 valence electrons. The molecule has 2 fully saturated rings. The highest BCUT2D eigenvalue weighted by Gasteiger charge is 2.65. The van der Waals surface area contributed by atoms with Crippen molar-refractivity contribution in [2.24, 2.45) is 11.8 Å². The summed E-state index contributed by atoms with van der Waals surface area (Å²) in [5.74, 6) is 0.699. The molecule has 18 heavy (non-hydrogen) atoms. The summed E-state index contributed by atoms with van der Waals surface area (Å²) in [4.78, 5) is 1.04. The van der Waals surface area contributed by atoms with E-state index in [0.717, 1.165) is 27.8 Å². The molecule has 2 aliphatic carbocycles. The van der Waals surface area contributed by atoms with E-state index in [1.807, 2.05) is 0 Å². The van der Waals surface area contributed by atoms with Crippen LogP contribution in [-0.2, 0) is 5.60 Å². The molecule has 2 saturated carbocycles. The van der Waals surface area contributed by atoms with Crippen molar-refractivity contribution >= 4 is 21.4 Å². The summed E-state index contributed by atoms with van der Waals surface area (Å²) in [6.07, 6.45) is 4.76. The van der Waals surface area contributed by atoms with Crippen LogP contribution in [-0.4, -0.2) is 5.11 Å². The molecule has 2 atom stereocenters. The molecule has 0 saturated heterocycles. The molecule has 1 aromatic heterocycles. The van der Waals surface area contributed by atoms with Crippen molar-refractivity contribution in [2.75, 3.05) is 0 Å². The van der Waals surface area contributed by atoms with Crippen LogP contribution < -0.4 is 0 Å². The number of fused-ring (bicyclic) bond motifs is 2. The van der Waals surface area contributed by atoms with Gasteiger partial charge in [-0.1, -0.05) is 18.9 Å². The highest BCUT2D eigenvalue weighted by atomic mass is 32.1. The van der Waals surface area contributed by atoms with E-state index >= 15 is 0 Å². The molecule has 2 aliphatic rings. The van der Waals surface area contributed by atoms with Crippen LogP contribution in [0.1, 0.15) is 30.6 Å². The average Bonchev–Trinajstić information content (AvgIpc) is 2.80. The van der Waals surface area contributed by atoms with Gasteiger partial charge in [-0.15, -0.1) is 11.3 Å². The summed E-state index contributed by atoms with van der Waals surface area (Å²) < 4.78 is 14.1. The third kappa shape index (κ3) is 1.35. The molecule has 0 aliphatic heterocycles. The fourth-order valence-electron chi connectivity index (χ4n) is 3.66. The fraction of sp³-hybridized carbons (Fsp3) is 0.467. The van der Waals surface area contributed by atoms with Crippen LogP contribution in [0.3, 0.4) is 0 Å². The van der Waals surface area contributed by atoms with Gasteiger partial charge in [-0.3, -0.25) is 0 Å². The van der Waals surface area contributed by atoms with E-state index in [4.69, 9.17) is 0 Å². The number of aliphatic hydroxyl groups is 1. The second-order valence-corrected chi connectivity index (χ2v) is 6.70. The lowest BCUT2D eigenvalue weighted by atomic mass is 10.0. The number of thiophene rings is 1. The summed E-state index contributed by atoms with van der Waals surface area (Å²) in [6.45, 7) is 0. The Hall–Kier alpha value is -0.930. The van der Waals surface area contributed by atoms with E-state index in [1.54, 1.807) is 23.5 Å². The standard InChI is InChI=1S/C15H15FOS/c16-10-6-5-9-7-14(18-13(9)8-10)15(17)11-3-1-2-4-12(11)15/h5-8,11-12,17H,1-4H2. The van der Waals surface area contributed by atoms with Crippen molar-refractivity contribution in [3.05, 3.63) is 35.0 Å². The quantitative estimate of drug-likeness (QED) is 0.822. The summed E-state index contributed by atoms with van der Waals surface area (Å²) in [7, 11) is 0. The predicted octanol–water partition coefficient (Wildman–Crippen LogP) is 4.05. The molecule has 1 N–H and O–H groups in total. The highest BCUT2D eigenvalue weighted by molar-refractivity contribution is 7.19. The maximum Gasteiger partial charge on any atom is 0.124 e. The van der Waals surface area contributed by atoms with Crippen LogP contribution in [0, 0.1) is 17.7 Å². The predicted molar refractivity (Wildman–Crippen MR) is 71.1 cm³/mol. The lowest BCUT2D eigenvalue weighted by molar-refractivity contribution is 0.122. The van der Waals surface area contributed by atoms with E-state index in [9.17, 15) is 9.50 Å². The van der Waals surface area contributed by atoms with Crippen molar-refractivity contribution in [2.45, 2.75) is 31.3 Å². The van der Waals surface area contributed by atoms with Gasteiger partial charge in [0.25, 0.3) is 0 Å². The zero-order chi connectivity index (χ0) is 12.3. The Labute approximate surface area is 109 Å². The van der Waals surface area contributed by atoms with Gasteiger partial charge < -0.3 is 5.11 Å². The minimum absolute atomic E-state index is 0.198. The van der Waals surface area contributed by atoms with Gasteiger partial charge >= 0.3 is 0 Å². The van der Waals surface area contributed by atoms with E-state index < -0.39 is 5.60 Å². The largest absolute Gasteiger partial charge is 0.384 e. The Bertz CT molecular complexity index is 606. The van der Waals surface area contributed by atoms with Crippen molar-refractivity contribution in [3.63, 3.8) is 0 Å². The van der Waals surface area contributed by atoms with E-state index in [1.165, 1.54) is 18.9 Å². The highest BCUT2D eigenvalue weighted by Crippen LogP contribution is 2.65. The van der Waals surface area contributed by atoms with Crippen LogP contribution in [0.5, 0.6) is 0 Å². The van der Waals surface area contributed by atoms with Crippen LogP contribution in [0.15, 0.2) is 24.3 Å². The maximum absolute atomic E-state index is 13.2. The number of rotatable bonds is 1. The fourth-order valence-corrected chi connectivity index (χ4v) is 4.97. The molecule has 0 spiro atoms. The zero-order valence-corrected chi connectivity index (χ0v) is 10.8. The van der Waals surface area contributed by atoms with Gasteiger partial charge in [0, 0.05) is 9.58 Å². The molecule has 4 rings (SSSR count). The molecule has 2 aromatic rings. The molecule has 0 radical (unpaired) electrons. The monoisotopic (exact) mass is 262 g/mol. The van der Waals surface area contributed by atoms with Crippen molar-refractivity contribution in [1.82, 2.24) is 0 Å². The molecule has 1 nitrogen and oxygen atoms in total. The Kier molecular flexibility index (Phi) is 2.16. The first kappa shape index (κ1) is 10.9. The van der Waals surface area contributed by atoms with Gasteiger partial charge in [0.2, 0.25) is 0 Å². The third-order valence-electron chi connectivity index (χ3n) is 4.66. The third-order valence-corrected chi connectivity index (χ3v) is 5.90. The van der Waals surface area contributed by atoms with Crippen LogP contribution >= 0.6 is 11.3 Å². The molecule has 1 heterocycles. The Balaban J connectivity index is 1.79. The molecule has 3 heteroatoms. The molecule has 0 bridgehead atoms. The molecule has 2 unspecified atom stereocenters. The number of hydrogen-bond acceptors (Lipinski definition) is 2. The van der Waals surface area contributed by atoms with Gasteiger partial charge in [-0.25, -0.2) is 4.39 Å². The Morgan fingerprint density at radius 2 is 1.89 bits per heavy atom. The second kappa shape index (κ2) is 3.55. The van der Waals surface area contributed by atoms with Gasteiger partial charge in [-0.05, 0) is 48.3 Å². The normalized spacial score (nSPS) is 34.6. The van der Waals surface area contributed by atoms with E-state index in [0.29, 0.717) is 11.8 Å². The maximum atomic E-state index is 13.2. The van der Waals surface area contributed by atoms with Crippen LogP contribution in [0.25, 0.3) is 10.1 Å². The van der Waals surface area contributed by atoms with Gasteiger partial charge in [0.1, 0.15) is 11.4 Å². The first-order valence-electron chi connectivity index (χ1n) is 6.61. The van der Waals surface area contributed by atoms with Crippen molar-refractivity contribution in [3.8, 4) is 0 Å². The smallest absolute Gasteiger partial charge is 0.124 e. The van der Waals surface area contributed by atoms with Gasteiger partial charge in [0.15, 0.2) is 0 Å². The number of halogens is 1. The van der Waals surface area contributed by atoms with Crippen LogP contribution in [0.4, 0.5) is 4.39 Å². The number of benzene rings is 1. The summed E-state index contributed by atoms with van der Waals surface area (Å²) in [6, 6.07) is 6.92. The first-order chi connectivity index (χ1) is 8.69. The summed E-state index contributed by atoms with van der Waals surface area (Å²) >= 11 is 1.56. The molecular formula is C15H15FOS.